The molecule has 1 aromatic heterocycles. The fourth-order valence-electron chi connectivity index (χ4n) is 3.29. The van der Waals surface area contributed by atoms with Crippen molar-refractivity contribution in [3.05, 3.63) is 53.7 Å². The molecule has 1 aliphatic rings. The van der Waals surface area contributed by atoms with Gasteiger partial charge >= 0.3 is 6.29 Å². The number of nitriles is 1. The Kier molecular flexibility index (Phi) is 3.97. The Hall–Kier alpha value is -3.18. The van der Waals surface area contributed by atoms with Crippen LogP contribution in [0.1, 0.15) is 24.1 Å². The number of nitrogens with one attached hydrogen (secondary N) is 1. The Morgan fingerprint density at radius 1 is 1.19 bits per heavy atom. The van der Waals surface area contributed by atoms with Crippen LogP contribution in [0.4, 0.5) is 8.78 Å². The van der Waals surface area contributed by atoms with Crippen LogP contribution in [0.3, 0.4) is 0 Å². The molecular formula is C19H16F2N4O2. The number of ether oxygens (including phenoxy) is 2. The maximum atomic E-state index is 13.3. The predicted molar refractivity (Wildman–Crippen MR) is 93.8 cm³/mol. The van der Waals surface area contributed by atoms with Crippen LogP contribution < -0.4 is 14.8 Å². The molecule has 0 amide bonds. The lowest BCUT2D eigenvalue weighted by molar-refractivity contribution is -0.286. The van der Waals surface area contributed by atoms with Crippen LogP contribution in [0.15, 0.2) is 42.6 Å². The third-order valence-corrected chi connectivity index (χ3v) is 4.68. The largest absolute Gasteiger partial charge is 0.586 e. The molecule has 0 radical (unpaired) electrons. The second kappa shape index (κ2) is 6.21. The van der Waals surface area contributed by atoms with Crippen LogP contribution in [0, 0.1) is 11.3 Å². The van der Waals surface area contributed by atoms with Crippen LogP contribution in [-0.2, 0) is 0 Å². The number of halogens is 2. The van der Waals surface area contributed by atoms with Crippen LogP contribution >= 0.6 is 0 Å². The molecule has 2 atom stereocenters. The molecular weight excluding hydrogens is 354 g/mol. The van der Waals surface area contributed by atoms with Gasteiger partial charge in [-0.25, -0.2) is 0 Å². The second-order valence-electron chi connectivity index (χ2n) is 6.37. The van der Waals surface area contributed by atoms with Gasteiger partial charge in [-0.3, -0.25) is 4.68 Å². The van der Waals surface area contributed by atoms with Gasteiger partial charge in [0.15, 0.2) is 11.5 Å². The average Bonchev–Trinajstić information content (AvgIpc) is 3.20. The Bertz CT molecular complexity index is 1060. The van der Waals surface area contributed by atoms with Gasteiger partial charge in [0.25, 0.3) is 0 Å². The van der Waals surface area contributed by atoms with E-state index in [1.165, 1.54) is 6.07 Å². The first-order chi connectivity index (χ1) is 12.9. The quantitative estimate of drug-likeness (QED) is 0.762. The third-order valence-electron chi connectivity index (χ3n) is 4.68. The summed E-state index contributed by atoms with van der Waals surface area (Å²) in [5, 5.41) is 17.6. The number of nitrogens with zero attached hydrogens (tertiary/aromatic N) is 3. The molecule has 1 N–H and O–H groups in total. The lowest BCUT2D eigenvalue weighted by Gasteiger charge is -2.25. The maximum absolute atomic E-state index is 13.3. The van der Waals surface area contributed by atoms with E-state index < -0.39 is 6.29 Å². The highest BCUT2D eigenvalue weighted by molar-refractivity contribution is 5.80. The normalized spacial score (nSPS) is 16.9. The van der Waals surface area contributed by atoms with E-state index in [0.717, 1.165) is 16.5 Å². The first kappa shape index (κ1) is 17.2. The number of alkyl halides is 2. The monoisotopic (exact) mass is 370 g/mol. The summed E-state index contributed by atoms with van der Waals surface area (Å²) < 4.78 is 37.6. The molecule has 138 valence electrons. The molecule has 2 unspecified atom stereocenters. The standard InChI is InChI=1S/C19H16F2N4O2/c1-11(23-2)18(13-4-6-16-17(8-13)27-19(20,21)26-16)25-15-5-3-12(9-22)7-14(15)10-24-25/h3-8,10-11,18,23H,1-2H3. The summed E-state index contributed by atoms with van der Waals surface area (Å²) in [5.41, 5.74) is 2.13. The van der Waals surface area contributed by atoms with E-state index >= 15 is 0 Å². The van der Waals surface area contributed by atoms with Crippen LogP contribution in [-0.4, -0.2) is 29.2 Å². The number of benzene rings is 2. The molecule has 2 aromatic carbocycles. The second-order valence-corrected chi connectivity index (χ2v) is 6.37. The minimum absolute atomic E-state index is 0.00333. The number of hydrogen-bond donors (Lipinski definition) is 1. The lowest BCUT2D eigenvalue weighted by Crippen LogP contribution is -2.33. The summed E-state index contributed by atoms with van der Waals surface area (Å²) in [5.74, 6) is -0.00220. The van der Waals surface area contributed by atoms with Gasteiger partial charge in [-0.05, 0) is 49.9 Å². The molecule has 0 bridgehead atoms. The molecule has 8 heteroatoms. The van der Waals surface area contributed by atoms with Gasteiger partial charge in [0.05, 0.1) is 29.4 Å². The summed E-state index contributed by atoms with van der Waals surface area (Å²) in [4.78, 5) is 0. The van der Waals surface area contributed by atoms with Gasteiger partial charge in [0.1, 0.15) is 0 Å². The highest BCUT2D eigenvalue weighted by atomic mass is 19.3. The lowest BCUT2D eigenvalue weighted by atomic mass is 9.99. The summed E-state index contributed by atoms with van der Waals surface area (Å²) in [7, 11) is 1.82. The average molecular weight is 370 g/mol. The zero-order valence-electron chi connectivity index (χ0n) is 14.6. The SMILES string of the molecule is CNC(C)C(c1ccc2c(c1)OC(F)(F)O2)n1ncc2cc(C#N)ccc21. The molecule has 0 aliphatic carbocycles. The first-order valence-corrected chi connectivity index (χ1v) is 8.36. The third kappa shape index (κ3) is 2.96. The minimum Gasteiger partial charge on any atom is -0.395 e. The van der Waals surface area contributed by atoms with Gasteiger partial charge in [-0.15, -0.1) is 8.78 Å². The predicted octanol–water partition coefficient (Wildman–Crippen LogP) is 3.43. The zero-order chi connectivity index (χ0) is 19.2. The highest BCUT2D eigenvalue weighted by Crippen LogP contribution is 2.43. The maximum Gasteiger partial charge on any atom is 0.586 e. The summed E-state index contributed by atoms with van der Waals surface area (Å²) in [6.07, 6.45) is -1.97. The molecule has 27 heavy (non-hydrogen) atoms. The minimum atomic E-state index is -3.66. The van der Waals surface area contributed by atoms with Gasteiger partial charge in [-0.2, -0.15) is 10.4 Å². The van der Waals surface area contributed by atoms with Crippen molar-refractivity contribution in [2.45, 2.75) is 25.3 Å². The van der Waals surface area contributed by atoms with Crippen molar-refractivity contribution in [1.29, 1.82) is 5.26 Å². The summed E-state index contributed by atoms with van der Waals surface area (Å²) in [6, 6.07) is 11.8. The van der Waals surface area contributed by atoms with E-state index in [1.807, 2.05) is 24.7 Å². The van der Waals surface area contributed by atoms with Crippen molar-refractivity contribution >= 4 is 10.9 Å². The molecule has 4 rings (SSSR count). The fourth-order valence-corrected chi connectivity index (χ4v) is 3.29. The van der Waals surface area contributed by atoms with Crippen LogP contribution in [0.25, 0.3) is 10.9 Å². The summed E-state index contributed by atoms with van der Waals surface area (Å²) in [6.45, 7) is 1.97. The van der Waals surface area contributed by atoms with Gasteiger partial charge < -0.3 is 14.8 Å². The molecule has 0 saturated carbocycles. The van der Waals surface area contributed by atoms with E-state index in [4.69, 9.17) is 5.26 Å². The van der Waals surface area contributed by atoms with Crippen molar-refractivity contribution < 1.29 is 18.3 Å². The van der Waals surface area contributed by atoms with Gasteiger partial charge in [0.2, 0.25) is 0 Å². The Morgan fingerprint density at radius 2 is 1.96 bits per heavy atom. The van der Waals surface area contributed by atoms with E-state index in [0.29, 0.717) is 5.56 Å². The Morgan fingerprint density at radius 3 is 2.70 bits per heavy atom. The van der Waals surface area contributed by atoms with Crippen molar-refractivity contribution in [3.8, 4) is 17.6 Å². The van der Waals surface area contributed by atoms with Crippen molar-refractivity contribution in [3.63, 3.8) is 0 Å². The molecule has 6 nitrogen and oxygen atoms in total. The van der Waals surface area contributed by atoms with E-state index in [1.54, 1.807) is 30.5 Å². The van der Waals surface area contributed by atoms with Crippen LogP contribution in [0.5, 0.6) is 11.5 Å². The molecule has 0 fully saturated rings. The molecule has 0 spiro atoms. The van der Waals surface area contributed by atoms with Crippen LogP contribution in [0.2, 0.25) is 0 Å². The fraction of sp³-hybridized carbons (Fsp3) is 0.263. The molecule has 0 saturated heterocycles. The zero-order valence-corrected chi connectivity index (χ0v) is 14.6. The smallest absolute Gasteiger partial charge is 0.395 e. The number of likely N-dealkylation sites (N-methyl/N-ethyl adjacent to an activating group) is 1. The number of hydrogen-bond acceptors (Lipinski definition) is 5. The highest BCUT2D eigenvalue weighted by Gasteiger charge is 2.43. The number of rotatable bonds is 4. The van der Waals surface area contributed by atoms with E-state index in [9.17, 15) is 8.78 Å². The number of aromatic nitrogens is 2. The molecule has 2 heterocycles. The topological polar surface area (TPSA) is 72.1 Å². The van der Waals surface area contributed by atoms with Gasteiger partial charge in [-0.1, -0.05) is 6.07 Å². The Balaban J connectivity index is 1.81. The van der Waals surface area contributed by atoms with E-state index in [2.05, 4.69) is 26.0 Å². The Labute approximate surface area is 153 Å². The molecule has 1 aliphatic heterocycles. The summed E-state index contributed by atoms with van der Waals surface area (Å²) >= 11 is 0. The van der Waals surface area contributed by atoms with Crippen molar-refractivity contribution in [2.24, 2.45) is 0 Å². The van der Waals surface area contributed by atoms with Gasteiger partial charge in [0, 0.05) is 11.4 Å². The first-order valence-electron chi connectivity index (χ1n) is 8.36. The van der Waals surface area contributed by atoms with Crippen molar-refractivity contribution in [2.75, 3.05) is 7.05 Å². The van der Waals surface area contributed by atoms with Crippen molar-refractivity contribution in [1.82, 2.24) is 15.1 Å². The van der Waals surface area contributed by atoms with E-state index in [-0.39, 0.29) is 23.6 Å². The number of fused-ring (bicyclic) bond motifs is 2. The molecule has 3 aromatic rings.